The minimum absolute atomic E-state index is 0.416. The molecule has 1 atom stereocenters. The van der Waals surface area contributed by atoms with E-state index < -0.39 is 12.1 Å². The van der Waals surface area contributed by atoms with Crippen LogP contribution in [0.1, 0.15) is 135 Å². The van der Waals surface area contributed by atoms with Crippen LogP contribution in [0.25, 0.3) is 0 Å². The fourth-order valence-electron chi connectivity index (χ4n) is 4.01. The Kier molecular flexibility index (Phi) is 17.0. The van der Waals surface area contributed by atoms with Crippen molar-refractivity contribution in [1.82, 2.24) is 0 Å². The topological polar surface area (TPSA) is 46.5 Å². The molecular weight excluding hydrogens is 336 g/mol. The lowest BCUT2D eigenvalue weighted by Crippen LogP contribution is -2.23. The number of carbonyl (C=O) groups is 1. The van der Waals surface area contributed by atoms with Crippen LogP contribution in [0.3, 0.4) is 0 Å². The van der Waals surface area contributed by atoms with E-state index >= 15 is 0 Å². The average Bonchev–Trinajstić information content (AvgIpc) is 2.67. The molecular formula is C24H46O3. The summed E-state index contributed by atoms with van der Waals surface area (Å²) in [5.41, 5.74) is 0. The second-order valence-electron chi connectivity index (χ2n) is 8.54. The largest absolute Gasteiger partial charge is 0.464 e. The number of cyclic esters (lactones) is 1. The molecule has 0 bridgehead atoms. The summed E-state index contributed by atoms with van der Waals surface area (Å²) in [7, 11) is 0. The van der Waals surface area contributed by atoms with E-state index in [9.17, 15) is 9.90 Å². The van der Waals surface area contributed by atoms with Crippen LogP contribution in [0.5, 0.6) is 0 Å². The van der Waals surface area contributed by atoms with Crippen LogP contribution in [0.4, 0.5) is 0 Å². The van der Waals surface area contributed by atoms with Gasteiger partial charge >= 0.3 is 5.97 Å². The van der Waals surface area contributed by atoms with Crippen LogP contribution < -0.4 is 0 Å². The molecule has 27 heavy (non-hydrogen) atoms. The summed E-state index contributed by atoms with van der Waals surface area (Å²) >= 11 is 0. The molecule has 1 rings (SSSR count). The first-order valence-electron chi connectivity index (χ1n) is 12.2. The molecule has 1 aliphatic heterocycles. The summed E-state index contributed by atoms with van der Waals surface area (Å²) in [6.07, 6.45) is 25.6. The summed E-state index contributed by atoms with van der Waals surface area (Å²) in [5, 5.41) is 9.89. The number of hydrogen-bond acceptors (Lipinski definition) is 3. The lowest BCUT2D eigenvalue weighted by Gasteiger charge is -2.10. The van der Waals surface area contributed by atoms with Gasteiger partial charge in [-0.15, -0.1) is 0 Å². The van der Waals surface area contributed by atoms with Gasteiger partial charge < -0.3 is 9.84 Å². The molecule has 1 aliphatic rings. The highest BCUT2D eigenvalue weighted by molar-refractivity contribution is 5.74. The third kappa shape index (κ3) is 16.1. The lowest BCUT2D eigenvalue weighted by molar-refractivity contribution is -0.154. The number of aliphatic hydroxyl groups excluding tert-OH is 1. The molecule has 0 unspecified atom stereocenters. The molecule has 0 aromatic carbocycles. The van der Waals surface area contributed by atoms with Crippen LogP contribution >= 0.6 is 0 Å². The fourth-order valence-corrected chi connectivity index (χ4v) is 4.01. The van der Waals surface area contributed by atoms with Gasteiger partial charge in [0.1, 0.15) is 0 Å². The SMILES string of the molecule is O=C1OCCCCCCCCCCCCCCCCCCCCCC[C@@H]1O. The van der Waals surface area contributed by atoms with Crippen molar-refractivity contribution in [3.63, 3.8) is 0 Å². The number of esters is 1. The van der Waals surface area contributed by atoms with Crippen molar-refractivity contribution in [2.45, 2.75) is 141 Å². The Morgan fingerprint density at radius 2 is 0.815 bits per heavy atom. The van der Waals surface area contributed by atoms with Gasteiger partial charge in [0.15, 0.2) is 6.10 Å². The molecule has 1 saturated heterocycles. The number of ether oxygens (including phenoxy) is 1. The first-order chi connectivity index (χ1) is 13.3. The molecule has 1 fully saturated rings. The fraction of sp³-hybridized carbons (Fsp3) is 0.958. The maximum Gasteiger partial charge on any atom is 0.334 e. The maximum atomic E-state index is 11.8. The van der Waals surface area contributed by atoms with E-state index in [2.05, 4.69) is 0 Å². The molecule has 0 amide bonds. The summed E-state index contributed by atoms with van der Waals surface area (Å²) in [5.74, 6) is -0.416. The van der Waals surface area contributed by atoms with E-state index in [0.29, 0.717) is 13.0 Å². The normalized spacial score (nSPS) is 25.7. The summed E-state index contributed by atoms with van der Waals surface area (Å²) in [6, 6.07) is 0. The van der Waals surface area contributed by atoms with Crippen LogP contribution in [-0.2, 0) is 9.53 Å². The molecule has 3 heteroatoms. The van der Waals surface area contributed by atoms with E-state index in [0.717, 1.165) is 25.7 Å². The highest BCUT2D eigenvalue weighted by Crippen LogP contribution is 2.15. The second-order valence-corrected chi connectivity index (χ2v) is 8.54. The predicted molar refractivity (Wildman–Crippen MR) is 114 cm³/mol. The van der Waals surface area contributed by atoms with Crippen molar-refractivity contribution in [3.8, 4) is 0 Å². The Bertz CT molecular complexity index is 330. The third-order valence-electron chi connectivity index (χ3n) is 5.89. The zero-order valence-electron chi connectivity index (χ0n) is 17.9. The van der Waals surface area contributed by atoms with Crippen molar-refractivity contribution in [1.29, 1.82) is 0 Å². The Morgan fingerprint density at radius 1 is 0.519 bits per heavy atom. The lowest BCUT2D eigenvalue weighted by atomic mass is 10.0. The van der Waals surface area contributed by atoms with Crippen LogP contribution in [-0.4, -0.2) is 23.8 Å². The van der Waals surface area contributed by atoms with E-state index in [1.807, 2.05) is 0 Å². The third-order valence-corrected chi connectivity index (χ3v) is 5.89. The van der Waals surface area contributed by atoms with Gasteiger partial charge in [0.25, 0.3) is 0 Å². The molecule has 0 aliphatic carbocycles. The first kappa shape index (κ1) is 24.5. The van der Waals surface area contributed by atoms with Gasteiger partial charge in [0, 0.05) is 0 Å². The van der Waals surface area contributed by atoms with Gasteiger partial charge in [-0.25, -0.2) is 4.79 Å². The standard InChI is InChI=1S/C24H46O3/c25-23-21-19-17-15-13-11-9-7-5-3-1-2-4-6-8-10-12-14-16-18-20-22-27-24(23)26/h23,25H,1-22H2/t23-/m0/s1. The predicted octanol–water partition coefficient (Wildman–Crippen LogP) is 7.10. The molecule has 0 aromatic rings. The summed E-state index contributed by atoms with van der Waals surface area (Å²) in [4.78, 5) is 11.8. The van der Waals surface area contributed by atoms with Gasteiger partial charge in [0.05, 0.1) is 6.61 Å². The molecule has 1 heterocycles. The van der Waals surface area contributed by atoms with Crippen LogP contribution in [0.2, 0.25) is 0 Å². The highest BCUT2D eigenvalue weighted by Gasteiger charge is 2.15. The summed E-state index contributed by atoms with van der Waals surface area (Å²) in [6.45, 7) is 0.468. The average molecular weight is 383 g/mol. The molecule has 0 saturated carbocycles. The Labute approximate surface area is 168 Å². The molecule has 3 nitrogen and oxygen atoms in total. The van der Waals surface area contributed by atoms with Gasteiger partial charge in [-0.1, -0.05) is 122 Å². The van der Waals surface area contributed by atoms with Crippen LogP contribution in [0, 0.1) is 0 Å². The maximum absolute atomic E-state index is 11.8. The second kappa shape index (κ2) is 18.8. The molecule has 0 spiro atoms. The molecule has 1 N–H and O–H groups in total. The van der Waals surface area contributed by atoms with Crippen molar-refractivity contribution >= 4 is 5.97 Å². The van der Waals surface area contributed by atoms with E-state index in [4.69, 9.17) is 4.74 Å². The van der Waals surface area contributed by atoms with E-state index in [1.54, 1.807) is 0 Å². The Hall–Kier alpha value is -0.570. The quantitative estimate of drug-likeness (QED) is 0.455. The number of carbonyl (C=O) groups excluding carboxylic acids is 1. The minimum Gasteiger partial charge on any atom is -0.464 e. The van der Waals surface area contributed by atoms with Gasteiger partial charge in [-0.2, -0.15) is 0 Å². The van der Waals surface area contributed by atoms with E-state index in [-0.39, 0.29) is 0 Å². The number of aliphatic hydroxyl groups is 1. The van der Waals surface area contributed by atoms with Crippen LogP contribution in [0.15, 0.2) is 0 Å². The monoisotopic (exact) mass is 382 g/mol. The van der Waals surface area contributed by atoms with Gasteiger partial charge in [0.2, 0.25) is 0 Å². The molecule has 160 valence electrons. The van der Waals surface area contributed by atoms with E-state index in [1.165, 1.54) is 103 Å². The number of rotatable bonds is 0. The number of hydrogen-bond donors (Lipinski definition) is 1. The van der Waals surface area contributed by atoms with Gasteiger partial charge in [-0.3, -0.25) is 0 Å². The van der Waals surface area contributed by atoms with Crippen molar-refractivity contribution in [2.75, 3.05) is 6.61 Å². The smallest absolute Gasteiger partial charge is 0.334 e. The summed E-state index contributed by atoms with van der Waals surface area (Å²) < 4.78 is 5.22. The zero-order valence-corrected chi connectivity index (χ0v) is 17.9. The Morgan fingerprint density at radius 3 is 1.19 bits per heavy atom. The highest BCUT2D eigenvalue weighted by atomic mass is 16.5. The Balaban J connectivity index is 2.15. The molecule has 0 aromatic heterocycles. The minimum atomic E-state index is -0.917. The molecule has 0 radical (unpaired) electrons. The van der Waals surface area contributed by atoms with Gasteiger partial charge in [-0.05, 0) is 12.8 Å². The first-order valence-corrected chi connectivity index (χ1v) is 12.2. The van der Waals surface area contributed by atoms with Crippen molar-refractivity contribution < 1.29 is 14.6 Å². The zero-order chi connectivity index (χ0) is 19.4. The van der Waals surface area contributed by atoms with Crippen molar-refractivity contribution in [2.24, 2.45) is 0 Å². The van der Waals surface area contributed by atoms with Crippen molar-refractivity contribution in [3.05, 3.63) is 0 Å².